The first-order chi connectivity index (χ1) is 5.72. The highest BCUT2D eigenvalue weighted by Crippen LogP contribution is 2.20. The van der Waals surface area contributed by atoms with Crippen LogP contribution in [0.15, 0.2) is 0 Å². The Bertz CT molecular complexity index is 161. The average molecular weight is 166 g/mol. The molecule has 1 fully saturated rings. The molecule has 0 radical (unpaired) electrons. The van der Waals surface area contributed by atoms with Crippen LogP contribution in [0.1, 0.15) is 26.7 Å². The molecule has 1 heterocycles. The van der Waals surface area contributed by atoms with Gasteiger partial charge in [0.25, 0.3) is 0 Å². The summed E-state index contributed by atoms with van der Waals surface area (Å²) in [6, 6.07) is 2.20. The Balaban J connectivity index is 2.30. The average Bonchev–Trinajstić information content (AvgIpc) is 1.99. The van der Waals surface area contributed by atoms with Gasteiger partial charge >= 0.3 is 0 Å². The van der Waals surface area contributed by atoms with E-state index in [1.54, 1.807) is 0 Å². The number of hydrogen-bond donors (Lipinski definition) is 0. The highest BCUT2D eigenvalue weighted by Gasteiger charge is 2.20. The molecule has 1 aliphatic rings. The number of nitriles is 1. The second kappa shape index (κ2) is 4.47. The largest absolute Gasteiger partial charge is 0.302 e. The SMILES string of the molecule is CC1CC(C)CN(CCC#N)C1. The lowest BCUT2D eigenvalue weighted by atomic mass is 9.92. The summed E-state index contributed by atoms with van der Waals surface area (Å²) in [5.74, 6) is 1.62. The molecule has 0 aromatic heterocycles. The Hall–Kier alpha value is -0.550. The molecular weight excluding hydrogens is 148 g/mol. The molecule has 68 valence electrons. The predicted molar refractivity (Wildman–Crippen MR) is 49.6 cm³/mol. The van der Waals surface area contributed by atoms with Crippen LogP contribution >= 0.6 is 0 Å². The Morgan fingerprint density at radius 1 is 1.33 bits per heavy atom. The monoisotopic (exact) mass is 166 g/mol. The summed E-state index contributed by atoms with van der Waals surface area (Å²) in [7, 11) is 0. The number of hydrogen-bond acceptors (Lipinski definition) is 2. The van der Waals surface area contributed by atoms with Crippen LogP contribution in [-0.2, 0) is 0 Å². The first-order valence-electron chi connectivity index (χ1n) is 4.81. The summed E-state index contributed by atoms with van der Waals surface area (Å²) in [5, 5.41) is 8.45. The second-order valence-electron chi connectivity index (χ2n) is 4.11. The van der Waals surface area contributed by atoms with Crippen molar-refractivity contribution in [1.29, 1.82) is 5.26 Å². The molecule has 0 spiro atoms. The van der Waals surface area contributed by atoms with Crippen molar-refractivity contribution in [3.63, 3.8) is 0 Å². The molecule has 1 aliphatic heterocycles. The third kappa shape index (κ3) is 2.83. The van der Waals surface area contributed by atoms with Gasteiger partial charge in [0.15, 0.2) is 0 Å². The van der Waals surface area contributed by atoms with Crippen molar-refractivity contribution < 1.29 is 0 Å². The number of piperidine rings is 1. The van der Waals surface area contributed by atoms with Gasteiger partial charge in [0.05, 0.1) is 6.07 Å². The van der Waals surface area contributed by atoms with E-state index in [0.717, 1.165) is 18.4 Å². The fraction of sp³-hybridized carbons (Fsp3) is 0.900. The molecule has 0 aliphatic carbocycles. The van der Waals surface area contributed by atoms with Crippen molar-refractivity contribution in [3.8, 4) is 6.07 Å². The van der Waals surface area contributed by atoms with E-state index < -0.39 is 0 Å². The lowest BCUT2D eigenvalue weighted by Crippen LogP contribution is -2.39. The van der Waals surface area contributed by atoms with Crippen LogP contribution in [-0.4, -0.2) is 24.5 Å². The Morgan fingerprint density at radius 2 is 1.92 bits per heavy atom. The van der Waals surface area contributed by atoms with Gasteiger partial charge < -0.3 is 4.90 Å². The molecule has 1 saturated heterocycles. The molecule has 12 heavy (non-hydrogen) atoms. The van der Waals surface area contributed by atoms with Gasteiger partial charge in [-0.15, -0.1) is 0 Å². The van der Waals surface area contributed by atoms with Crippen LogP contribution in [0.2, 0.25) is 0 Å². The summed E-state index contributed by atoms with van der Waals surface area (Å²) in [5.41, 5.74) is 0. The van der Waals surface area contributed by atoms with Gasteiger partial charge in [0, 0.05) is 26.1 Å². The summed E-state index contributed by atoms with van der Waals surface area (Å²) in [6.07, 6.45) is 2.03. The summed E-state index contributed by atoms with van der Waals surface area (Å²) in [6.45, 7) is 7.94. The highest BCUT2D eigenvalue weighted by atomic mass is 15.1. The maximum atomic E-state index is 8.45. The van der Waals surface area contributed by atoms with Gasteiger partial charge in [0.1, 0.15) is 0 Å². The zero-order valence-corrected chi connectivity index (χ0v) is 8.08. The van der Waals surface area contributed by atoms with Gasteiger partial charge in [-0.25, -0.2) is 0 Å². The third-order valence-electron chi connectivity index (χ3n) is 2.48. The van der Waals surface area contributed by atoms with Crippen molar-refractivity contribution in [2.75, 3.05) is 19.6 Å². The standard InChI is InChI=1S/C10H18N2/c1-9-6-10(2)8-12(7-9)5-3-4-11/h9-10H,3,5-8H2,1-2H3. The van der Waals surface area contributed by atoms with Crippen molar-refractivity contribution in [2.24, 2.45) is 11.8 Å². The molecule has 2 nitrogen and oxygen atoms in total. The fourth-order valence-corrected chi connectivity index (χ4v) is 2.18. The van der Waals surface area contributed by atoms with Crippen LogP contribution in [0.4, 0.5) is 0 Å². The van der Waals surface area contributed by atoms with E-state index in [0.29, 0.717) is 6.42 Å². The minimum atomic E-state index is 0.680. The van der Waals surface area contributed by atoms with E-state index >= 15 is 0 Å². The van der Waals surface area contributed by atoms with Gasteiger partial charge in [-0.2, -0.15) is 5.26 Å². The van der Waals surface area contributed by atoms with Crippen LogP contribution in [0, 0.1) is 23.2 Å². The lowest BCUT2D eigenvalue weighted by Gasteiger charge is -2.34. The number of nitrogens with zero attached hydrogens (tertiary/aromatic N) is 2. The van der Waals surface area contributed by atoms with Crippen molar-refractivity contribution in [1.82, 2.24) is 4.90 Å². The predicted octanol–water partition coefficient (Wildman–Crippen LogP) is 1.88. The van der Waals surface area contributed by atoms with E-state index in [1.165, 1.54) is 19.5 Å². The second-order valence-corrected chi connectivity index (χ2v) is 4.11. The maximum absolute atomic E-state index is 8.45. The zero-order chi connectivity index (χ0) is 8.97. The minimum absolute atomic E-state index is 0.680. The number of rotatable bonds is 2. The van der Waals surface area contributed by atoms with Crippen LogP contribution in [0.5, 0.6) is 0 Å². The third-order valence-corrected chi connectivity index (χ3v) is 2.48. The molecular formula is C10H18N2. The molecule has 0 bridgehead atoms. The van der Waals surface area contributed by atoms with Crippen LogP contribution < -0.4 is 0 Å². The summed E-state index contributed by atoms with van der Waals surface area (Å²) >= 11 is 0. The Kier molecular flexibility index (Phi) is 3.55. The van der Waals surface area contributed by atoms with Gasteiger partial charge in [-0.05, 0) is 18.3 Å². The van der Waals surface area contributed by atoms with E-state index in [2.05, 4.69) is 24.8 Å². The molecule has 0 amide bonds. The molecule has 1 rings (SSSR count). The summed E-state index contributed by atoms with van der Waals surface area (Å²) < 4.78 is 0. The Morgan fingerprint density at radius 3 is 2.42 bits per heavy atom. The van der Waals surface area contributed by atoms with Crippen molar-refractivity contribution in [2.45, 2.75) is 26.7 Å². The topological polar surface area (TPSA) is 27.0 Å². The van der Waals surface area contributed by atoms with Crippen molar-refractivity contribution in [3.05, 3.63) is 0 Å². The maximum Gasteiger partial charge on any atom is 0.0635 e. The smallest absolute Gasteiger partial charge is 0.0635 e. The number of likely N-dealkylation sites (tertiary alicyclic amines) is 1. The van der Waals surface area contributed by atoms with E-state index in [1.807, 2.05) is 0 Å². The summed E-state index contributed by atoms with van der Waals surface area (Å²) in [4.78, 5) is 2.42. The van der Waals surface area contributed by atoms with E-state index in [-0.39, 0.29) is 0 Å². The minimum Gasteiger partial charge on any atom is -0.302 e. The normalized spacial score (nSPS) is 31.4. The molecule has 2 unspecified atom stereocenters. The highest BCUT2D eigenvalue weighted by molar-refractivity contribution is 4.78. The Labute approximate surface area is 75.2 Å². The van der Waals surface area contributed by atoms with E-state index in [4.69, 9.17) is 5.26 Å². The first-order valence-corrected chi connectivity index (χ1v) is 4.81. The molecule has 0 N–H and O–H groups in total. The quantitative estimate of drug-likeness (QED) is 0.626. The van der Waals surface area contributed by atoms with Gasteiger partial charge in [0.2, 0.25) is 0 Å². The first kappa shape index (κ1) is 9.54. The van der Waals surface area contributed by atoms with E-state index in [9.17, 15) is 0 Å². The molecule has 0 saturated carbocycles. The van der Waals surface area contributed by atoms with Crippen LogP contribution in [0.3, 0.4) is 0 Å². The molecule has 0 aromatic rings. The molecule has 2 heteroatoms. The van der Waals surface area contributed by atoms with Gasteiger partial charge in [-0.3, -0.25) is 0 Å². The molecule has 0 aromatic carbocycles. The van der Waals surface area contributed by atoms with Gasteiger partial charge in [-0.1, -0.05) is 13.8 Å². The lowest BCUT2D eigenvalue weighted by molar-refractivity contribution is 0.144. The zero-order valence-electron chi connectivity index (χ0n) is 8.08. The molecule has 2 atom stereocenters. The van der Waals surface area contributed by atoms with Crippen LogP contribution in [0.25, 0.3) is 0 Å². The van der Waals surface area contributed by atoms with Crippen molar-refractivity contribution >= 4 is 0 Å². The fourth-order valence-electron chi connectivity index (χ4n) is 2.18.